The molecule has 0 saturated heterocycles. The summed E-state index contributed by atoms with van der Waals surface area (Å²) in [5.74, 6) is -0.130. The molecule has 2 aromatic heterocycles. The fraction of sp³-hybridized carbons (Fsp3) is 0.278. The highest BCUT2D eigenvalue weighted by Crippen LogP contribution is 2.21. The molecule has 1 amide bonds. The van der Waals surface area contributed by atoms with Crippen molar-refractivity contribution in [3.63, 3.8) is 0 Å². The van der Waals surface area contributed by atoms with E-state index in [0.29, 0.717) is 5.56 Å². The highest BCUT2D eigenvalue weighted by Gasteiger charge is 2.15. The minimum absolute atomic E-state index is 0.130. The lowest BCUT2D eigenvalue weighted by atomic mass is 10.2. The normalized spacial score (nSPS) is 10.8. The van der Waals surface area contributed by atoms with Crippen LogP contribution in [-0.2, 0) is 6.54 Å². The van der Waals surface area contributed by atoms with Gasteiger partial charge in [-0.3, -0.25) is 9.48 Å². The first-order valence-electron chi connectivity index (χ1n) is 8.04. The number of benzene rings is 1. The van der Waals surface area contributed by atoms with E-state index in [1.54, 1.807) is 12.5 Å². The summed E-state index contributed by atoms with van der Waals surface area (Å²) in [6.07, 6.45) is 6.32. The zero-order valence-electron chi connectivity index (χ0n) is 14.2. The van der Waals surface area contributed by atoms with Crippen molar-refractivity contribution in [3.8, 4) is 5.69 Å². The molecule has 0 saturated carbocycles. The van der Waals surface area contributed by atoms with Crippen LogP contribution in [0.3, 0.4) is 0 Å². The van der Waals surface area contributed by atoms with Crippen molar-refractivity contribution in [1.82, 2.24) is 19.3 Å². The van der Waals surface area contributed by atoms with E-state index in [4.69, 9.17) is 0 Å². The number of aryl methyl sites for hydroxylation is 2. The fourth-order valence-corrected chi connectivity index (χ4v) is 2.69. The summed E-state index contributed by atoms with van der Waals surface area (Å²) in [5.41, 5.74) is 4.20. The molecule has 24 heavy (non-hydrogen) atoms. The Morgan fingerprint density at radius 2 is 1.96 bits per heavy atom. The molecule has 6 heteroatoms. The van der Waals surface area contributed by atoms with E-state index in [2.05, 4.69) is 22.3 Å². The quantitative estimate of drug-likeness (QED) is 0.783. The Morgan fingerprint density at radius 1 is 1.21 bits per heavy atom. The molecule has 0 aliphatic carbocycles. The Labute approximate surface area is 141 Å². The number of aromatic nitrogens is 4. The van der Waals surface area contributed by atoms with Crippen LogP contribution in [0.25, 0.3) is 5.69 Å². The number of nitrogens with one attached hydrogen (secondary N) is 1. The Morgan fingerprint density at radius 3 is 2.58 bits per heavy atom. The first kappa shape index (κ1) is 16.0. The van der Waals surface area contributed by atoms with Gasteiger partial charge in [-0.05, 0) is 44.5 Å². The number of carbonyl (C=O) groups is 1. The predicted molar refractivity (Wildman–Crippen MR) is 93.5 cm³/mol. The average Bonchev–Trinajstić information content (AvgIpc) is 3.20. The van der Waals surface area contributed by atoms with E-state index in [0.717, 1.165) is 35.7 Å². The van der Waals surface area contributed by atoms with Crippen molar-refractivity contribution in [2.75, 3.05) is 5.32 Å². The SMILES string of the molecule is CCCn1nc(C)c(NC(=O)c2ccc(-n3ccnc3)cc2)c1C. The van der Waals surface area contributed by atoms with Gasteiger partial charge >= 0.3 is 0 Å². The van der Waals surface area contributed by atoms with Gasteiger partial charge in [0, 0.05) is 30.2 Å². The van der Waals surface area contributed by atoms with Crippen LogP contribution in [-0.4, -0.2) is 25.2 Å². The number of rotatable bonds is 5. The molecular formula is C18H21N5O. The summed E-state index contributed by atoms with van der Waals surface area (Å²) in [6.45, 7) is 6.85. The molecule has 0 unspecified atom stereocenters. The van der Waals surface area contributed by atoms with Crippen molar-refractivity contribution in [2.24, 2.45) is 0 Å². The van der Waals surface area contributed by atoms with Crippen molar-refractivity contribution < 1.29 is 4.79 Å². The molecule has 0 atom stereocenters. The summed E-state index contributed by atoms with van der Waals surface area (Å²) in [4.78, 5) is 16.5. The van der Waals surface area contributed by atoms with Gasteiger partial charge in [-0.1, -0.05) is 6.92 Å². The minimum Gasteiger partial charge on any atom is -0.319 e. The Kier molecular flexibility index (Phi) is 4.46. The third-order valence-electron chi connectivity index (χ3n) is 3.99. The molecule has 3 rings (SSSR count). The number of carbonyl (C=O) groups excluding carboxylic acids is 1. The minimum atomic E-state index is -0.130. The van der Waals surface area contributed by atoms with Gasteiger partial charge in [-0.15, -0.1) is 0 Å². The lowest BCUT2D eigenvalue weighted by Crippen LogP contribution is -2.13. The first-order chi connectivity index (χ1) is 11.6. The smallest absolute Gasteiger partial charge is 0.255 e. The molecule has 2 heterocycles. The third-order valence-corrected chi connectivity index (χ3v) is 3.99. The van der Waals surface area contributed by atoms with Gasteiger partial charge in [0.25, 0.3) is 5.91 Å². The zero-order chi connectivity index (χ0) is 17.1. The zero-order valence-corrected chi connectivity index (χ0v) is 14.2. The average molecular weight is 323 g/mol. The summed E-state index contributed by atoms with van der Waals surface area (Å²) in [6, 6.07) is 7.42. The molecule has 1 aromatic carbocycles. The van der Waals surface area contributed by atoms with E-state index >= 15 is 0 Å². The van der Waals surface area contributed by atoms with E-state index in [9.17, 15) is 4.79 Å². The number of hydrogen-bond donors (Lipinski definition) is 1. The lowest BCUT2D eigenvalue weighted by Gasteiger charge is -2.08. The second-order valence-corrected chi connectivity index (χ2v) is 5.74. The highest BCUT2D eigenvalue weighted by molar-refractivity contribution is 6.04. The van der Waals surface area contributed by atoms with Gasteiger partial charge in [-0.2, -0.15) is 5.10 Å². The molecule has 0 radical (unpaired) electrons. The number of anilines is 1. The van der Waals surface area contributed by atoms with Crippen LogP contribution in [0.4, 0.5) is 5.69 Å². The van der Waals surface area contributed by atoms with Gasteiger partial charge in [0.15, 0.2) is 0 Å². The van der Waals surface area contributed by atoms with Crippen molar-refractivity contribution in [3.05, 3.63) is 59.9 Å². The predicted octanol–water partition coefficient (Wildman–Crippen LogP) is 3.35. The molecule has 0 aliphatic rings. The van der Waals surface area contributed by atoms with Crippen molar-refractivity contribution in [1.29, 1.82) is 0 Å². The van der Waals surface area contributed by atoms with Crippen LogP contribution < -0.4 is 5.32 Å². The van der Waals surface area contributed by atoms with Crippen LogP contribution in [0.2, 0.25) is 0 Å². The third kappa shape index (κ3) is 3.08. The Bertz CT molecular complexity index is 831. The molecule has 1 N–H and O–H groups in total. The lowest BCUT2D eigenvalue weighted by molar-refractivity contribution is 0.102. The van der Waals surface area contributed by atoms with Crippen molar-refractivity contribution in [2.45, 2.75) is 33.7 Å². The molecule has 0 spiro atoms. The maximum absolute atomic E-state index is 12.5. The first-order valence-corrected chi connectivity index (χ1v) is 8.04. The van der Waals surface area contributed by atoms with Crippen molar-refractivity contribution >= 4 is 11.6 Å². The monoisotopic (exact) mass is 323 g/mol. The fourth-order valence-electron chi connectivity index (χ4n) is 2.69. The summed E-state index contributed by atoms with van der Waals surface area (Å²) in [7, 11) is 0. The summed E-state index contributed by atoms with van der Waals surface area (Å²) in [5, 5.41) is 7.47. The standard InChI is InChI=1S/C18H21N5O/c1-4-10-23-14(3)17(13(2)21-23)20-18(24)15-5-7-16(8-6-15)22-11-9-19-12-22/h5-9,11-12H,4,10H2,1-3H3,(H,20,24). The maximum Gasteiger partial charge on any atom is 0.255 e. The summed E-state index contributed by atoms with van der Waals surface area (Å²) < 4.78 is 3.83. The Balaban J connectivity index is 1.78. The largest absolute Gasteiger partial charge is 0.319 e. The van der Waals surface area contributed by atoms with E-state index in [1.807, 2.05) is 53.6 Å². The molecule has 3 aromatic rings. The maximum atomic E-state index is 12.5. The van der Waals surface area contributed by atoms with E-state index in [-0.39, 0.29) is 5.91 Å². The number of amides is 1. The topological polar surface area (TPSA) is 64.7 Å². The van der Waals surface area contributed by atoms with E-state index in [1.165, 1.54) is 0 Å². The molecule has 0 fully saturated rings. The molecule has 124 valence electrons. The number of nitrogens with zero attached hydrogens (tertiary/aromatic N) is 4. The highest BCUT2D eigenvalue weighted by atomic mass is 16.1. The van der Waals surface area contributed by atoms with Crippen LogP contribution in [0.1, 0.15) is 35.1 Å². The number of hydrogen-bond acceptors (Lipinski definition) is 3. The second-order valence-electron chi connectivity index (χ2n) is 5.74. The molecular weight excluding hydrogens is 302 g/mol. The van der Waals surface area contributed by atoms with Gasteiger partial charge in [-0.25, -0.2) is 4.98 Å². The van der Waals surface area contributed by atoms with Crippen LogP contribution in [0.15, 0.2) is 43.0 Å². The molecule has 0 aliphatic heterocycles. The van der Waals surface area contributed by atoms with Crippen LogP contribution >= 0.6 is 0 Å². The van der Waals surface area contributed by atoms with Crippen LogP contribution in [0, 0.1) is 13.8 Å². The Hall–Kier alpha value is -2.89. The van der Waals surface area contributed by atoms with Gasteiger partial charge in [0.05, 0.1) is 23.4 Å². The van der Waals surface area contributed by atoms with Gasteiger partial charge < -0.3 is 9.88 Å². The van der Waals surface area contributed by atoms with E-state index < -0.39 is 0 Å². The van der Waals surface area contributed by atoms with Gasteiger partial charge in [0.1, 0.15) is 0 Å². The molecule has 6 nitrogen and oxygen atoms in total. The summed E-state index contributed by atoms with van der Waals surface area (Å²) >= 11 is 0. The van der Waals surface area contributed by atoms with Gasteiger partial charge in [0.2, 0.25) is 0 Å². The molecule has 0 bridgehead atoms. The van der Waals surface area contributed by atoms with Crippen LogP contribution in [0.5, 0.6) is 0 Å². The number of imidazole rings is 1. The second kappa shape index (κ2) is 6.70.